The first-order valence-corrected chi connectivity index (χ1v) is 8.10. The second-order valence-corrected chi connectivity index (χ2v) is 5.94. The van der Waals surface area contributed by atoms with Crippen LogP contribution in [-0.4, -0.2) is 17.5 Å². The Balaban J connectivity index is 1.99. The van der Waals surface area contributed by atoms with E-state index in [1.165, 1.54) is 25.1 Å². The van der Waals surface area contributed by atoms with Crippen LogP contribution in [0, 0.1) is 0 Å². The number of hydrogen-bond acceptors (Lipinski definition) is 3. The maximum atomic E-state index is 12.9. The SMILES string of the molecule is C/C(CC(=O)Nc1ccccc1C(F)(F)F)=N/NC(=O)c1ccccc1Cl. The van der Waals surface area contributed by atoms with Crippen LogP contribution in [-0.2, 0) is 11.0 Å². The summed E-state index contributed by atoms with van der Waals surface area (Å²) in [5.41, 5.74) is 1.37. The Labute approximate surface area is 158 Å². The highest BCUT2D eigenvalue weighted by Gasteiger charge is 2.33. The first-order chi connectivity index (χ1) is 12.7. The first kappa shape index (κ1) is 20.4. The molecule has 0 unspecified atom stereocenters. The quantitative estimate of drug-likeness (QED) is 0.576. The summed E-state index contributed by atoms with van der Waals surface area (Å²) in [6.45, 7) is 1.46. The van der Waals surface area contributed by atoms with E-state index in [2.05, 4.69) is 15.8 Å². The third-order valence-electron chi connectivity index (χ3n) is 3.39. The predicted octanol–water partition coefficient (Wildman–Crippen LogP) is 4.49. The van der Waals surface area contributed by atoms with Crippen molar-refractivity contribution in [1.82, 2.24) is 5.43 Å². The standard InChI is InChI=1S/C18H15ClF3N3O2/c1-11(24-25-17(27)12-6-2-4-8-14(12)19)10-16(26)23-15-9-5-3-7-13(15)18(20,21)22/h2-9H,10H2,1H3,(H,23,26)(H,25,27)/b24-11-. The number of alkyl halides is 3. The monoisotopic (exact) mass is 397 g/mol. The number of carbonyl (C=O) groups is 2. The summed E-state index contributed by atoms with van der Waals surface area (Å²) in [4.78, 5) is 24.0. The van der Waals surface area contributed by atoms with Crippen LogP contribution >= 0.6 is 11.6 Å². The summed E-state index contributed by atoms with van der Waals surface area (Å²) in [6.07, 6.45) is -4.88. The van der Waals surface area contributed by atoms with E-state index in [9.17, 15) is 22.8 Å². The van der Waals surface area contributed by atoms with Gasteiger partial charge in [-0.2, -0.15) is 18.3 Å². The van der Waals surface area contributed by atoms with Crippen molar-refractivity contribution >= 4 is 34.8 Å². The van der Waals surface area contributed by atoms with Gasteiger partial charge in [0.2, 0.25) is 5.91 Å². The Bertz CT molecular complexity index is 882. The molecule has 142 valence electrons. The summed E-state index contributed by atoms with van der Waals surface area (Å²) in [5, 5.41) is 6.21. The van der Waals surface area contributed by atoms with Gasteiger partial charge in [0.25, 0.3) is 5.91 Å². The molecular weight excluding hydrogens is 383 g/mol. The lowest BCUT2D eigenvalue weighted by molar-refractivity contribution is -0.137. The maximum absolute atomic E-state index is 12.9. The average molecular weight is 398 g/mol. The molecule has 0 aliphatic rings. The van der Waals surface area contributed by atoms with Gasteiger partial charge >= 0.3 is 6.18 Å². The van der Waals surface area contributed by atoms with Gasteiger partial charge in [-0.3, -0.25) is 9.59 Å². The predicted molar refractivity (Wildman–Crippen MR) is 96.7 cm³/mol. The molecule has 0 saturated heterocycles. The van der Waals surface area contributed by atoms with Crippen molar-refractivity contribution in [2.24, 2.45) is 5.10 Å². The van der Waals surface area contributed by atoms with E-state index in [-0.39, 0.29) is 28.4 Å². The number of para-hydroxylation sites is 1. The number of amides is 2. The number of nitrogens with zero attached hydrogens (tertiary/aromatic N) is 1. The zero-order chi connectivity index (χ0) is 20.0. The fourth-order valence-electron chi connectivity index (χ4n) is 2.16. The third kappa shape index (κ3) is 5.82. The van der Waals surface area contributed by atoms with Crippen molar-refractivity contribution in [2.75, 3.05) is 5.32 Å². The molecule has 2 aromatic carbocycles. The van der Waals surface area contributed by atoms with Gasteiger partial charge < -0.3 is 5.32 Å². The van der Waals surface area contributed by atoms with Gasteiger partial charge in [-0.15, -0.1) is 0 Å². The van der Waals surface area contributed by atoms with Crippen molar-refractivity contribution < 1.29 is 22.8 Å². The Morgan fingerprint density at radius 3 is 2.37 bits per heavy atom. The number of nitrogens with one attached hydrogen (secondary N) is 2. The number of benzene rings is 2. The highest BCUT2D eigenvalue weighted by Crippen LogP contribution is 2.34. The summed E-state index contributed by atoms with van der Waals surface area (Å²) < 4.78 is 38.8. The molecule has 0 fully saturated rings. The lowest BCUT2D eigenvalue weighted by Gasteiger charge is -2.13. The van der Waals surface area contributed by atoms with Gasteiger partial charge in [-0.25, -0.2) is 5.43 Å². The molecule has 0 bridgehead atoms. The van der Waals surface area contributed by atoms with Crippen LogP contribution in [0.4, 0.5) is 18.9 Å². The van der Waals surface area contributed by atoms with Gasteiger partial charge in [0.1, 0.15) is 0 Å². The number of hydrazone groups is 1. The minimum Gasteiger partial charge on any atom is -0.325 e. The number of halogens is 4. The lowest BCUT2D eigenvalue weighted by Crippen LogP contribution is -2.22. The van der Waals surface area contributed by atoms with Gasteiger partial charge in [0.05, 0.1) is 28.3 Å². The summed E-state index contributed by atoms with van der Waals surface area (Å²) in [7, 11) is 0. The smallest absolute Gasteiger partial charge is 0.325 e. The molecule has 0 atom stereocenters. The number of hydrogen-bond donors (Lipinski definition) is 2. The molecule has 0 aliphatic carbocycles. The zero-order valence-electron chi connectivity index (χ0n) is 14.1. The van der Waals surface area contributed by atoms with Crippen LogP contribution < -0.4 is 10.7 Å². The number of anilines is 1. The number of carbonyl (C=O) groups excluding carboxylic acids is 2. The summed E-state index contributed by atoms with van der Waals surface area (Å²) in [5.74, 6) is -1.26. The van der Waals surface area contributed by atoms with E-state index >= 15 is 0 Å². The first-order valence-electron chi connectivity index (χ1n) is 7.72. The fourth-order valence-corrected chi connectivity index (χ4v) is 2.38. The van der Waals surface area contributed by atoms with E-state index in [1.54, 1.807) is 18.2 Å². The molecule has 0 heterocycles. The molecule has 0 saturated carbocycles. The van der Waals surface area contributed by atoms with Crippen molar-refractivity contribution in [2.45, 2.75) is 19.5 Å². The molecule has 2 aromatic rings. The molecule has 27 heavy (non-hydrogen) atoms. The van der Waals surface area contributed by atoms with Crippen molar-refractivity contribution in [3.05, 3.63) is 64.7 Å². The molecule has 5 nitrogen and oxygen atoms in total. The second kappa shape index (κ2) is 8.68. The Kier molecular flexibility index (Phi) is 6.57. The van der Waals surface area contributed by atoms with Crippen molar-refractivity contribution in [1.29, 1.82) is 0 Å². The Morgan fingerprint density at radius 1 is 1.07 bits per heavy atom. The third-order valence-corrected chi connectivity index (χ3v) is 3.72. The zero-order valence-corrected chi connectivity index (χ0v) is 14.9. The van der Waals surface area contributed by atoms with Crippen LogP contribution in [0.25, 0.3) is 0 Å². The van der Waals surface area contributed by atoms with Crippen molar-refractivity contribution in [3.8, 4) is 0 Å². The molecule has 2 amide bonds. The van der Waals surface area contributed by atoms with Gasteiger partial charge in [0.15, 0.2) is 0 Å². The molecule has 2 N–H and O–H groups in total. The minimum atomic E-state index is -4.59. The van der Waals surface area contributed by atoms with Gasteiger partial charge in [-0.05, 0) is 31.2 Å². The van der Waals surface area contributed by atoms with Crippen LogP contribution in [0.3, 0.4) is 0 Å². The van der Waals surface area contributed by atoms with Crippen LogP contribution in [0.15, 0.2) is 53.6 Å². The Hall–Kier alpha value is -2.87. The van der Waals surface area contributed by atoms with Gasteiger partial charge in [-0.1, -0.05) is 35.9 Å². The average Bonchev–Trinajstić information content (AvgIpc) is 2.59. The van der Waals surface area contributed by atoms with Crippen molar-refractivity contribution in [3.63, 3.8) is 0 Å². The normalized spacial score (nSPS) is 11.8. The largest absolute Gasteiger partial charge is 0.418 e. The van der Waals surface area contributed by atoms with Crippen LogP contribution in [0.2, 0.25) is 5.02 Å². The molecule has 2 rings (SSSR count). The molecule has 0 radical (unpaired) electrons. The number of rotatable bonds is 5. The van der Waals surface area contributed by atoms with E-state index < -0.39 is 23.6 Å². The van der Waals surface area contributed by atoms with E-state index in [1.807, 2.05) is 0 Å². The molecule has 0 aliphatic heterocycles. The highest BCUT2D eigenvalue weighted by atomic mass is 35.5. The van der Waals surface area contributed by atoms with Gasteiger partial charge in [0, 0.05) is 5.71 Å². The minimum absolute atomic E-state index is 0.206. The van der Waals surface area contributed by atoms with E-state index in [0.717, 1.165) is 12.1 Å². The summed E-state index contributed by atoms with van der Waals surface area (Å²) in [6, 6.07) is 11.0. The van der Waals surface area contributed by atoms with E-state index in [4.69, 9.17) is 11.6 Å². The molecular formula is C18H15ClF3N3O2. The molecule has 9 heteroatoms. The fraction of sp³-hybridized carbons (Fsp3) is 0.167. The molecule has 0 aromatic heterocycles. The molecule has 0 spiro atoms. The highest BCUT2D eigenvalue weighted by molar-refractivity contribution is 6.33. The summed E-state index contributed by atoms with van der Waals surface area (Å²) >= 11 is 5.90. The second-order valence-electron chi connectivity index (χ2n) is 5.54. The van der Waals surface area contributed by atoms with Crippen LogP contribution in [0.1, 0.15) is 29.3 Å². The lowest BCUT2D eigenvalue weighted by atomic mass is 10.1. The topological polar surface area (TPSA) is 70.6 Å². The maximum Gasteiger partial charge on any atom is 0.418 e. The Morgan fingerprint density at radius 2 is 1.70 bits per heavy atom. The van der Waals surface area contributed by atoms with E-state index in [0.29, 0.717) is 0 Å². The van der Waals surface area contributed by atoms with Crippen LogP contribution in [0.5, 0.6) is 0 Å².